The maximum absolute atomic E-state index is 14.7. The lowest BCUT2D eigenvalue weighted by atomic mass is 9.74. The molecular formula is C33H44N4O6. The van der Waals surface area contributed by atoms with Crippen LogP contribution in [0.3, 0.4) is 0 Å². The Balaban J connectivity index is 1.38. The van der Waals surface area contributed by atoms with Gasteiger partial charge in [0.25, 0.3) is 0 Å². The number of fused-ring (bicyclic) bond motifs is 2. The average Bonchev–Trinajstić information content (AvgIpc) is 3.27. The summed E-state index contributed by atoms with van der Waals surface area (Å²) in [5.74, 6) is -2.50. The highest BCUT2D eigenvalue weighted by atomic mass is 16.5. The molecule has 3 saturated heterocycles. The highest BCUT2D eigenvalue weighted by Gasteiger charge is 2.75. The molecule has 10 heteroatoms. The van der Waals surface area contributed by atoms with Crippen molar-refractivity contribution in [1.82, 2.24) is 19.6 Å². The second-order valence-corrected chi connectivity index (χ2v) is 13.0. The normalized spacial score (nSPS) is 33.5. The van der Waals surface area contributed by atoms with E-state index < -0.39 is 35.1 Å². The SMILES string of the molecule is CC(C)[C@H](CO)N1C(=O)[C@@H]2[C@@H]3C(=O)N(Cc4ccccc4)CC=C[C@]3(C)O[C@@]23C=CCN(CCN2CCOCC2)C(=O)C13. The van der Waals surface area contributed by atoms with Crippen LogP contribution in [0.5, 0.6) is 0 Å². The van der Waals surface area contributed by atoms with Gasteiger partial charge in [-0.15, -0.1) is 0 Å². The fourth-order valence-electron chi connectivity index (χ4n) is 7.77. The minimum atomic E-state index is -1.33. The number of morpholine rings is 1. The quantitative estimate of drug-likeness (QED) is 0.454. The van der Waals surface area contributed by atoms with Crippen LogP contribution in [0.4, 0.5) is 0 Å². The molecule has 43 heavy (non-hydrogen) atoms. The largest absolute Gasteiger partial charge is 0.394 e. The number of aliphatic hydroxyl groups excluding tert-OH is 1. The molecule has 1 aromatic rings. The van der Waals surface area contributed by atoms with Gasteiger partial charge in [-0.1, -0.05) is 68.5 Å². The topological polar surface area (TPSA) is 103 Å². The second kappa shape index (κ2) is 11.8. The maximum Gasteiger partial charge on any atom is 0.249 e. The van der Waals surface area contributed by atoms with Gasteiger partial charge in [-0.3, -0.25) is 19.3 Å². The second-order valence-electron chi connectivity index (χ2n) is 13.0. The van der Waals surface area contributed by atoms with Crippen molar-refractivity contribution in [3.05, 3.63) is 60.2 Å². The molecule has 1 unspecified atom stereocenters. The molecule has 3 amide bonds. The zero-order chi connectivity index (χ0) is 30.4. The van der Waals surface area contributed by atoms with Crippen LogP contribution in [0.1, 0.15) is 26.3 Å². The van der Waals surface area contributed by atoms with E-state index in [0.29, 0.717) is 45.9 Å². The number of ether oxygens (including phenoxy) is 2. The van der Waals surface area contributed by atoms with Crippen LogP contribution < -0.4 is 0 Å². The molecule has 1 spiro atoms. The summed E-state index contributed by atoms with van der Waals surface area (Å²) in [6, 6.07) is 8.22. The first-order chi connectivity index (χ1) is 20.7. The molecule has 10 nitrogen and oxygen atoms in total. The highest BCUT2D eigenvalue weighted by molar-refractivity contribution is 6.00. The Labute approximate surface area is 253 Å². The number of nitrogens with zero attached hydrogens (tertiary/aromatic N) is 4. The molecule has 0 aliphatic carbocycles. The van der Waals surface area contributed by atoms with Crippen LogP contribution in [-0.2, 0) is 30.4 Å². The zero-order valence-corrected chi connectivity index (χ0v) is 25.4. The number of hydrogen-bond acceptors (Lipinski definition) is 7. The Kier molecular flexibility index (Phi) is 8.23. The molecule has 0 radical (unpaired) electrons. The minimum absolute atomic E-state index is 0.114. The third-order valence-electron chi connectivity index (χ3n) is 9.98. The summed E-state index contributed by atoms with van der Waals surface area (Å²) < 4.78 is 12.4. The summed E-state index contributed by atoms with van der Waals surface area (Å²) in [7, 11) is 0. The number of aliphatic hydroxyl groups is 1. The monoisotopic (exact) mass is 592 g/mol. The maximum atomic E-state index is 14.7. The number of benzene rings is 1. The van der Waals surface area contributed by atoms with E-state index in [4.69, 9.17) is 9.47 Å². The van der Waals surface area contributed by atoms with Gasteiger partial charge in [-0.2, -0.15) is 0 Å². The zero-order valence-electron chi connectivity index (χ0n) is 25.4. The van der Waals surface area contributed by atoms with Crippen molar-refractivity contribution in [2.24, 2.45) is 17.8 Å². The molecule has 5 aliphatic rings. The van der Waals surface area contributed by atoms with Crippen LogP contribution in [0.2, 0.25) is 0 Å². The van der Waals surface area contributed by atoms with Crippen molar-refractivity contribution in [2.45, 2.75) is 50.6 Å². The molecule has 1 aromatic carbocycles. The summed E-state index contributed by atoms with van der Waals surface area (Å²) in [6.07, 6.45) is 7.66. The molecule has 232 valence electrons. The van der Waals surface area contributed by atoms with Crippen molar-refractivity contribution in [1.29, 1.82) is 0 Å². The number of rotatable bonds is 8. The van der Waals surface area contributed by atoms with Gasteiger partial charge in [0.15, 0.2) is 0 Å². The summed E-state index contributed by atoms with van der Waals surface area (Å²) >= 11 is 0. The standard InChI is InChI=1S/C33H44N4O6/c1-23(2)25(22-38)37-28-31(41)35(16-15-34-17-19-42-20-18-34)13-8-12-33(28)27(30(37)40)26-29(39)36(14-7-11-32(26,3)43-33)21-24-9-5-4-6-10-24/h4-12,23,25-28,38H,13-22H2,1-3H3/t25-,26+,27-,28?,32-,33-/m0/s1. The molecule has 6 rings (SSSR count). The van der Waals surface area contributed by atoms with E-state index in [9.17, 15) is 19.5 Å². The number of likely N-dealkylation sites (tertiary alicyclic amines) is 1. The molecule has 6 atom stereocenters. The van der Waals surface area contributed by atoms with Gasteiger partial charge < -0.3 is 29.3 Å². The van der Waals surface area contributed by atoms with Gasteiger partial charge in [0.1, 0.15) is 11.6 Å². The molecular weight excluding hydrogens is 548 g/mol. The fourth-order valence-corrected chi connectivity index (χ4v) is 7.77. The predicted octanol–water partition coefficient (Wildman–Crippen LogP) is 1.30. The lowest BCUT2D eigenvalue weighted by molar-refractivity contribution is -0.157. The van der Waals surface area contributed by atoms with Gasteiger partial charge in [0, 0.05) is 45.8 Å². The number of amides is 3. The average molecular weight is 593 g/mol. The van der Waals surface area contributed by atoms with Crippen LogP contribution in [0.15, 0.2) is 54.6 Å². The first-order valence-electron chi connectivity index (χ1n) is 15.6. The van der Waals surface area contributed by atoms with Crippen LogP contribution in [-0.4, -0.2) is 125 Å². The molecule has 0 aromatic heterocycles. The molecule has 3 fully saturated rings. The molecule has 1 N–H and O–H groups in total. The highest BCUT2D eigenvalue weighted by Crippen LogP contribution is 2.58. The van der Waals surface area contributed by atoms with Gasteiger partial charge in [0.05, 0.1) is 43.3 Å². The molecule has 0 bridgehead atoms. The Morgan fingerprint density at radius 1 is 0.907 bits per heavy atom. The van der Waals surface area contributed by atoms with E-state index in [2.05, 4.69) is 4.90 Å². The van der Waals surface area contributed by atoms with E-state index >= 15 is 0 Å². The van der Waals surface area contributed by atoms with E-state index in [0.717, 1.165) is 18.7 Å². The van der Waals surface area contributed by atoms with E-state index in [1.165, 1.54) is 0 Å². The lowest BCUT2D eigenvalue weighted by Crippen LogP contribution is -2.60. The Morgan fingerprint density at radius 2 is 1.60 bits per heavy atom. The predicted molar refractivity (Wildman–Crippen MR) is 160 cm³/mol. The van der Waals surface area contributed by atoms with Crippen LogP contribution in [0, 0.1) is 17.8 Å². The van der Waals surface area contributed by atoms with E-state index in [1.54, 1.807) is 14.7 Å². The number of carbonyl (C=O) groups excluding carboxylic acids is 3. The third kappa shape index (κ3) is 5.12. The number of carbonyl (C=O) groups is 3. The molecule has 5 aliphatic heterocycles. The van der Waals surface area contributed by atoms with Gasteiger partial charge in [-0.25, -0.2) is 0 Å². The molecule has 5 heterocycles. The van der Waals surface area contributed by atoms with Crippen LogP contribution in [0.25, 0.3) is 0 Å². The van der Waals surface area contributed by atoms with Crippen molar-refractivity contribution in [2.75, 3.05) is 59.1 Å². The van der Waals surface area contributed by atoms with Gasteiger partial charge in [0.2, 0.25) is 17.7 Å². The summed E-state index contributed by atoms with van der Waals surface area (Å²) in [4.78, 5) is 51.1. The van der Waals surface area contributed by atoms with E-state index in [-0.39, 0.29) is 30.2 Å². The Morgan fingerprint density at radius 3 is 2.30 bits per heavy atom. The van der Waals surface area contributed by atoms with Crippen LogP contribution >= 0.6 is 0 Å². The summed E-state index contributed by atoms with van der Waals surface area (Å²) in [6.45, 7) is 10.8. The van der Waals surface area contributed by atoms with Crippen molar-refractivity contribution < 1.29 is 29.0 Å². The van der Waals surface area contributed by atoms with Crippen molar-refractivity contribution in [3.63, 3.8) is 0 Å². The Hall–Kier alpha value is -3.05. The first kappa shape index (κ1) is 30.0. The Bertz CT molecular complexity index is 1280. The third-order valence-corrected chi connectivity index (χ3v) is 9.98. The first-order valence-corrected chi connectivity index (χ1v) is 15.6. The molecule has 0 saturated carbocycles. The van der Waals surface area contributed by atoms with Crippen molar-refractivity contribution in [3.8, 4) is 0 Å². The summed E-state index contributed by atoms with van der Waals surface area (Å²) in [5.41, 5.74) is -1.41. The van der Waals surface area contributed by atoms with E-state index in [1.807, 2.05) is 75.4 Å². The minimum Gasteiger partial charge on any atom is -0.394 e. The smallest absolute Gasteiger partial charge is 0.249 e. The lowest BCUT2D eigenvalue weighted by Gasteiger charge is -2.41. The van der Waals surface area contributed by atoms with Crippen molar-refractivity contribution >= 4 is 17.7 Å². The van der Waals surface area contributed by atoms with Gasteiger partial charge >= 0.3 is 0 Å². The van der Waals surface area contributed by atoms with Gasteiger partial charge in [-0.05, 0) is 18.4 Å². The fraction of sp³-hybridized carbons (Fsp3) is 0.606. The number of hydrogen-bond donors (Lipinski definition) is 1. The summed E-state index contributed by atoms with van der Waals surface area (Å²) in [5, 5.41) is 10.5.